The first-order chi connectivity index (χ1) is 9.93. The molecule has 21 heavy (non-hydrogen) atoms. The van der Waals surface area contributed by atoms with Crippen LogP contribution in [-0.4, -0.2) is 21.6 Å². The molecule has 0 saturated carbocycles. The van der Waals surface area contributed by atoms with Crippen LogP contribution in [0.4, 0.5) is 11.4 Å². The lowest BCUT2D eigenvalue weighted by atomic mass is 10.2. The van der Waals surface area contributed by atoms with Crippen molar-refractivity contribution >= 4 is 23.2 Å². The Bertz CT molecular complexity index is 705. The monoisotopic (exact) mass is 287 g/mol. The second-order valence-electron chi connectivity index (χ2n) is 4.56. The Hall–Kier alpha value is -2.83. The summed E-state index contributed by atoms with van der Waals surface area (Å²) < 4.78 is 1.54. The second kappa shape index (κ2) is 5.66. The van der Waals surface area contributed by atoms with E-state index in [-0.39, 0.29) is 5.91 Å². The quantitative estimate of drug-likeness (QED) is 0.781. The topological polar surface area (TPSA) is 116 Å². The molecular weight excluding hydrogens is 270 g/mol. The van der Waals surface area contributed by atoms with E-state index < -0.39 is 5.91 Å². The Morgan fingerprint density at radius 3 is 2.71 bits per heavy atom. The number of aromatic nitrogens is 2. The van der Waals surface area contributed by atoms with E-state index in [0.29, 0.717) is 34.9 Å². The van der Waals surface area contributed by atoms with Gasteiger partial charge < -0.3 is 16.8 Å². The van der Waals surface area contributed by atoms with Crippen LogP contribution in [0, 0.1) is 6.92 Å². The molecule has 1 aromatic heterocycles. The molecule has 0 atom stereocenters. The van der Waals surface area contributed by atoms with Crippen LogP contribution in [0.25, 0.3) is 0 Å². The molecule has 110 valence electrons. The predicted octanol–water partition coefficient (Wildman–Crippen LogP) is 1.14. The van der Waals surface area contributed by atoms with Crippen LogP contribution in [-0.2, 0) is 6.54 Å². The van der Waals surface area contributed by atoms with Crippen molar-refractivity contribution in [3.63, 3.8) is 0 Å². The molecule has 0 aliphatic carbocycles. The summed E-state index contributed by atoms with van der Waals surface area (Å²) >= 11 is 0. The van der Waals surface area contributed by atoms with Crippen molar-refractivity contribution in [1.29, 1.82) is 0 Å². The van der Waals surface area contributed by atoms with E-state index in [1.54, 1.807) is 25.1 Å². The van der Waals surface area contributed by atoms with E-state index in [9.17, 15) is 9.59 Å². The molecule has 7 heteroatoms. The molecule has 1 heterocycles. The molecule has 0 fully saturated rings. The summed E-state index contributed by atoms with van der Waals surface area (Å²) in [4.78, 5) is 23.5. The molecule has 2 rings (SSSR count). The Morgan fingerprint density at radius 1 is 1.38 bits per heavy atom. The number of amides is 2. The third-order valence-electron chi connectivity index (χ3n) is 3.09. The van der Waals surface area contributed by atoms with Crippen molar-refractivity contribution in [3.8, 4) is 0 Å². The number of anilines is 2. The summed E-state index contributed by atoms with van der Waals surface area (Å²) in [5.74, 6) is -0.934. The third-order valence-corrected chi connectivity index (χ3v) is 3.09. The zero-order valence-electron chi connectivity index (χ0n) is 11.9. The minimum Gasteiger partial charge on any atom is -0.395 e. The van der Waals surface area contributed by atoms with Crippen molar-refractivity contribution in [2.75, 3.05) is 11.1 Å². The number of hydrogen-bond donors (Lipinski definition) is 3. The van der Waals surface area contributed by atoms with Crippen molar-refractivity contribution in [1.82, 2.24) is 9.78 Å². The van der Waals surface area contributed by atoms with E-state index in [4.69, 9.17) is 11.5 Å². The van der Waals surface area contributed by atoms with Gasteiger partial charge in [0.1, 0.15) is 5.69 Å². The lowest BCUT2D eigenvalue weighted by Gasteiger charge is -2.08. The molecule has 5 N–H and O–H groups in total. The maximum atomic E-state index is 12.3. The zero-order valence-corrected chi connectivity index (χ0v) is 11.9. The average molecular weight is 287 g/mol. The fraction of sp³-hybridized carbons (Fsp3) is 0.214. The van der Waals surface area contributed by atoms with Crippen LogP contribution in [0.15, 0.2) is 24.3 Å². The van der Waals surface area contributed by atoms with Gasteiger partial charge in [-0.15, -0.1) is 0 Å². The minimum atomic E-state index is -0.556. The Balaban J connectivity index is 2.30. The number of nitrogens with one attached hydrogen (secondary N) is 1. The highest BCUT2D eigenvalue weighted by Gasteiger charge is 2.19. The summed E-state index contributed by atoms with van der Waals surface area (Å²) in [5, 5.41) is 6.89. The first kappa shape index (κ1) is 14.6. The standard InChI is InChI=1S/C14H17N5O2/c1-3-19-12(11(15)8(2)18-19)14(21)17-10-6-4-5-9(7-10)13(16)20/h4-7H,3,15H2,1-2H3,(H2,16,20)(H,17,21). The van der Waals surface area contributed by atoms with Gasteiger partial charge in [-0.25, -0.2) is 0 Å². The van der Waals surface area contributed by atoms with E-state index in [1.807, 2.05) is 6.92 Å². The largest absolute Gasteiger partial charge is 0.395 e. The lowest BCUT2D eigenvalue weighted by Crippen LogP contribution is -2.19. The van der Waals surface area contributed by atoms with Crippen LogP contribution in [0.1, 0.15) is 33.5 Å². The maximum absolute atomic E-state index is 12.3. The number of primary amides is 1. The fourth-order valence-corrected chi connectivity index (χ4v) is 2.00. The molecule has 1 aromatic carbocycles. The van der Waals surface area contributed by atoms with E-state index in [2.05, 4.69) is 10.4 Å². The van der Waals surface area contributed by atoms with Gasteiger partial charge in [0, 0.05) is 17.8 Å². The molecule has 0 aliphatic heterocycles. The Morgan fingerprint density at radius 2 is 2.10 bits per heavy atom. The molecule has 2 amide bonds. The minimum absolute atomic E-state index is 0.305. The first-order valence-electron chi connectivity index (χ1n) is 6.48. The molecular formula is C14H17N5O2. The Labute approximate surface area is 121 Å². The highest BCUT2D eigenvalue weighted by Crippen LogP contribution is 2.19. The van der Waals surface area contributed by atoms with Gasteiger partial charge >= 0.3 is 0 Å². The van der Waals surface area contributed by atoms with Crippen molar-refractivity contribution < 1.29 is 9.59 Å². The van der Waals surface area contributed by atoms with Crippen molar-refractivity contribution in [2.45, 2.75) is 20.4 Å². The van der Waals surface area contributed by atoms with Crippen LogP contribution >= 0.6 is 0 Å². The van der Waals surface area contributed by atoms with E-state index in [1.165, 1.54) is 10.7 Å². The predicted molar refractivity (Wildman–Crippen MR) is 80.0 cm³/mol. The van der Waals surface area contributed by atoms with Gasteiger partial charge in [0.2, 0.25) is 5.91 Å². The van der Waals surface area contributed by atoms with E-state index in [0.717, 1.165) is 0 Å². The summed E-state index contributed by atoms with van der Waals surface area (Å²) in [5.41, 5.74) is 13.2. The first-order valence-corrected chi connectivity index (χ1v) is 6.48. The number of nitrogens with zero attached hydrogens (tertiary/aromatic N) is 2. The molecule has 0 aliphatic rings. The van der Waals surface area contributed by atoms with Crippen LogP contribution in [0.3, 0.4) is 0 Å². The number of rotatable bonds is 4. The summed E-state index contributed by atoms with van der Waals surface area (Å²) in [6.45, 7) is 4.14. The van der Waals surface area contributed by atoms with Crippen molar-refractivity contribution in [2.24, 2.45) is 5.73 Å². The molecule has 0 saturated heterocycles. The highest BCUT2D eigenvalue weighted by molar-refractivity contribution is 6.07. The molecule has 0 unspecified atom stereocenters. The van der Waals surface area contributed by atoms with Gasteiger partial charge in [-0.2, -0.15) is 5.10 Å². The fourth-order valence-electron chi connectivity index (χ4n) is 2.00. The number of carbonyl (C=O) groups is 2. The van der Waals surface area contributed by atoms with Crippen molar-refractivity contribution in [3.05, 3.63) is 41.2 Å². The van der Waals surface area contributed by atoms with E-state index >= 15 is 0 Å². The van der Waals surface area contributed by atoms with Gasteiger partial charge in [-0.1, -0.05) is 6.07 Å². The smallest absolute Gasteiger partial charge is 0.276 e. The molecule has 0 radical (unpaired) electrons. The Kier molecular flexibility index (Phi) is 3.93. The summed E-state index contributed by atoms with van der Waals surface area (Å²) in [6.07, 6.45) is 0. The summed E-state index contributed by atoms with van der Waals surface area (Å²) in [6, 6.07) is 6.39. The SMILES string of the molecule is CCn1nc(C)c(N)c1C(=O)Nc1cccc(C(N)=O)c1. The van der Waals surface area contributed by atoms with Crippen LogP contribution in [0.2, 0.25) is 0 Å². The number of benzene rings is 1. The van der Waals surface area contributed by atoms with Gasteiger partial charge in [0.05, 0.1) is 11.4 Å². The number of nitrogens with two attached hydrogens (primary N) is 2. The van der Waals surface area contributed by atoms with Crippen LogP contribution in [0.5, 0.6) is 0 Å². The number of hydrogen-bond acceptors (Lipinski definition) is 4. The zero-order chi connectivity index (χ0) is 15.6. The lowest BCUT2D eigenvalue weighted by molar-refractivity contribution is 0.0994. The molecule has 7 nitrogen and oxygen atoms in total. The molecule has 0 spiro atoms. The normalized spacial score (nSPS) is 10.4. The second-order valence-corrected chi connectivity index (χ2v) is 4.56. The third kappa shape index (κ3) is 2.86. The van der Waals surface area contributed by atoms with Gasteiger partial charge in [-0.05, 0) is 32.0 Å². The van der Waals surface area contributed by atoms with Gasteiger partial charge in [-0.3, -0.25) is 14.3 Å². The number of nitrogen functional groups attached to an aromatic ring is 1. The van der Waals surface area contributed by atoms with Gasteiger partial charge in [0.15, 0.2) is 0 Å². The van der Waals surface area contributed by atoms with Gasteiger partial charge in [0.25, 0.3) is 5.91 Å². The number of carbonyl (C=O) groups excluding carboxylic acids is 2. The van der Waals surface area contributed by atoms with Crippen LogP contribution < -0.4 is 16.8 Å². The number of aryl methyl sites for hydroxylation is 2. The maximum Gasteiger partial charge on any atom is 0.276 e. The highest BCUT2D eigenvalue weighted by atomic mass is 16.2. The summed E-state index contributed by atoms with van der Waals surface area (Å²) in [7, 11) is 0. The molecule has 0 bridgehead atoms. The average Bonchev–Trinajstić information content (AvgIpc) is 2.74. The molecule has 2 aromatic rings.